The maximum Gasteiger partial charge on any atom is 0.304 e. The molecule has 3 nitrogen and oxygen atoms in total. The van der Waals surface area contributed by atoms with Crippen LogP contribution < -0.4 is 4.74 Å². The van der Waals surface area contributed by atoms with E-state index >= 15 is 0 Å². The molecule has 0 fully saturated rings. The van der Waals surface area contributed by atoms with E-state index < -0.39 is 5.97 Å². The molecular formula is C18H18O3. The van der Waals surface area contributed by atoms with Gasteiger partial charge in [-0.1, -0.05) is 48.5 Å². The maximum atomic E-state index is 10.8. The van der Waals surface area contributed by atoms with Gasteiger partial charge in [-0.25, -0.2) is 0 Å². The maximum absolute atomic E-state index is 10.8. The van der Waals surface area contributed by atoms with Crippen molar-refractivity contribution < 1.29 is 14.6 Å². The lowest BCUT2D eigenvalue weighted by Crippen LogP contribution is -2.04. The van der Waals surface area contributed by atoms with Gasteiger partial charge < -0.3 is 9.84 Å². The number of ether oxygens (including phenoxy) is 1. The topological polar surface area (TPSA) is 46.5 Å². The zero-order chi connectivity index (χ0) is 15.1. The van der Waals surface area contributed by atoms with Crippen LogP contribution in [0.3, 0.4) is 0 Å². The Balaban J connectivity index is 1.98. The second-order valence-corrected chi connectivity index (χ2v) is 4.78. The molecule has 0 bridgehead atoms. The predicted octanol–water partition coefficient (Wildman–Crippen LogP) is 4.01. The van der Waals surface area contributed by atoms with Crippen molar-refractivity contribution in [3.05, 3.63) is 78.4 Å². The van der Waals surface area contributed by atoms with Gasteiger partial charge in [0.05, 0.1) is 6.42 Å². The molecule has 2 rings (SSSR count). The molecule has 21 heavy (non-hydrogen) atoms. The minimum absolute atomic E-state index is 0.0493. The minimum Gasteiger partial charge on any atom is -0.489 e. The Morgan fingerprint density at radius 2 is 1.81 bits per heavy atom. The van der Waals surface area contributed by atoms with E-state index in [9.17, 15) is 4.79 Å². The van der Waals surface area contributed by atoms with Crippen molar-refractivity contribution >= 4 is 5.97 Å². The molecule has 0 heterocycles. The summed E-state index contributed by atoms with van der Waals surface area (Å²) in [6.45, 7) is 4.21. The highest BCUT2D eigenvalue weighted by Gasteiger charge is 2.11. The smallest absolute Gasteiger partial charge is 0.304 e. The quantitative estimate of drug-likeness (QED) is 0.780. The van der Waals surface area contributed by atoms with Crippen LogP contribution in [-0.2, 0) is 11.4 Å². The van der Waals surface area contributed by atoms with Crippen molar-refractivity contribution in [1.29, 1.82) is 0 Å². The largest absolute Gasteiger partial charge is 0.489 e. The highest BCUT2D eigenvalue weighted by Crippen LogP contribution is 2.23. The molecule has 2 aromatic carbocycles. The first-order valence-corrected chi connectivity index (χ1v) is 6.80. The Labute approximate surface area is 124 Å². The lowest BCUT2D eigenvalue weighted by molar-refractivity contribution is -0.137. The van der Waals surface area contributed by atoms with E-state index in [0.29, 0.717) is 6.61 Å². The molecule has 0 radical (unpaired) electrons. The summed E-state index contributed by atoms with van der Waals surface area (Å²) in [6, 6.07) is 17.4. The second-order valence-electron chi connectivity index (χ2n) is 4.78. The number of hydrogen-bond donors (Lipinski definition) is 1. The number of carboxylic acids is 1. The van der Waals surface area contributed by atoms with E-state index in [1.165, 1.54) is 0 Å². The van der Waals surface area contributed by atoms with Gasteiger partial charge >= 0.3 is 5.97 Å². The molecule has 0 saturated carbocycles. The first kappa shape index (κ1) is 14.9. The summed E-state index contributed by atoms with van der Waals surface area (Å²) in [7, 11) is 0. The van der Waals surface area contributed by atoms with Gasteiger partial charge in [0.1, 0.15) is 12.4 Å². The molecule has 2 aromatic rings. The third kappa shape index (κ3) is 4.49. The molecule has 0 spiro atoms. The Morgan fingerprint density at radius 1 is 1.14 bits per heavy atom. The molecule has 0 aromatic heterocycles. The molecule has 108 valence electrons. The first-order valence-electron chi connectivity index (χ1n) is 6.80. The van der Waals surface area contributed by atoms with Crippen molar-refractivity contribution in [3.63, 3.8) is 0 Å². The van der Waals surface area contributed by atoms with Crippen molar-refractivity contribution in [2.24, 2.45) is 0 Å². The van der Waals surface area contributed by atoms with Crippen LogP contribution in [0.15, 0.2) is 67.3 Å². The van der Waals surface area contributed by atoms with Crippen LogP contribution in [-0.4, -0.2) is 11.1 Å². The Hall–Kier alpha value is -2.55. The molecule has 1 N–H and O–H groups in total. The van der Waals surface area contributed by atoms with E-state index in [-0.39, 0.29) is 12.3 Å². The zero-order valence-electron chi connectivity index (χ0n) is 11.7. The summed E-state index contributed by atoms with van der Waals surface area (Å²) in [4.78, 5) is 10.8. The number of carboxylic acid groups (broad SMARTS) is 1. The molecular weight excluding hydrogens is 264 g/mol. The fourth-order valence-electron chi connectivity index (χ4n) is 2.08. The molecule has 1 unspecified atom stereocenters. The summed E-state index contributed by atoms with van der Waals surface area (Å²) in [5, 5.41) is 8.87. The van der Waals surface area contributed by atoms with Crippen LogP contribution in [0.25, 0.3) is 0 Å². The predicted molar refractivity (Wildman–Crippen MR) is 82.4 cm³/mol. The van der Waals surface area contributed by atoms with Crippen molar-refractivity contribution in [1.82, 2.24) is 0 Å². The molecule has 3 heteroatoms. The number of benzene rings is 2. The average Bonchev–Trinajstić information content (AvgIpc) is 2.52. The lowest BCUT2D eigenvalue weighted by atomic mass is 9.96. The number of carbonyl (C=O) groups is 1. The number of allylic oxidation sites excluding steroid dienone is 1. The molecule has 0 aliphatic heterocycles. The van der Waals surface area contributed by atoms with Crippen molar-refractivity contribution in [3.8, 4) is 5.75 Å². The number of hydrogen-bond acceptors (Lipinski definition) is 2. The third-order valence-corrected chi connectivity index (χ3v) is 3.24. The fourth-order valence-corrected chi connectivity index (χ4v) is 2.08. The van der Waals surface area contributed by atoms with Gasteiger partial charge in [0.2, 0.25) is 0 Å². The minimum atomic E-state index is -0.829. The van der Waals surface area contributed by atoms with Crippen LogP contribution in [0.5, 0.6) is 5.75 Å². The molecule has 0 aliphatic rings. The highest BCUT2D eigenvalue weighted by atomic mass is 16.5. The van der Waals surface area contributed by atoms with Crippen molar-refractivity contribution in [2.45, 2.75) is 18.9 Å². The second kappa shape index (κ2) is 7.29. The van der Waals surface area contributed by atoms with Crippen LogP contribution >= 0.6 is 0 Å². The van der Waals surface area contributed by atoms with E-state index in [1.807, 2.05) is 54.6 Å². The average molecular weight is 282 g/mol. The normalized spacial score (nSPS) is 11.6. The summed E-state index contributed by atoms with van der Waals surface area (Å²) < 4.78 is 5.70. The summed E-state index contributed by atoms with van der Waals surface area (Å²) in [5.74, 6) is -0.240. The van der Waals surface area contributed by atoms with Crippen LogP contribution in [0.4, 0.5) is 0 Å². The van der Waals surface area contributed by atoms with Gasteiger partial charge in [0.25, 0.3) is 0 Å². The SMILES string of the molecule is C=CC(CC(=O)O)c1ccc(OCc2ccccc2)cc1. The molecule has 0 amide bonds. The van der Waals surface area contributed by atoms with Crippen molar-refractivity contribution in [2.75, 3.05) is 0 Å². The van der Waals surface area contributed by atoms with E-state index in [2.05, 4.69) is 6.58 Å². The van der Waals surface area contributed by atoms with Crippen LogP contribution in [0.1, 0.15) is 23.5 Å². The molecule has 1 atom stereocenters. The Morgan fingerprint density at radius 3 is 2.38 bits per heavy atom. The number of rotatable bonds is 7. The Bertz CT molecular complexity index is 588. The van der Waals surface area contributed by atoms with E-state index in [0.717, 1.165) is 16.9 Å². The van der Waals surface area contributed by atoms with Crippen LogP contribution in [0, 0.1) is 0 Å². The van der Waals surface area contributed by atoms with Gasteiger partial charge in [-0.3, -0.25) is 4.79 Å². The van der Waals surface area contributed by atoms with Gasteiger partial charge in [-0.2, -0.15) is 0 Å². The highest BCUT2D eigenvalue weighted by molar-refractivity contribution is 5.68. The fraction of sp³-hybridized carbons (Fsp3) is 0.167. The third-order valence-electron chi connectivity index (χ3n) is 3.24. The zero-order valence-corrected chi connectivity index (χ0v) is 11.7. The van der Waals surface area contributed by atoms with Gasteiger partial charge in [-0.15, -0.1) is 6.58 Å². The molecule has 0 aliphatic carbocycles. The first-order chi connectivity index (χ1) is 10.2. The Kier molecular flexibility index (Phi) is 5.16. The van der Waals surface area contributed by atoms with Gasteiger partial charge in [0, 0.05) is 5.92 Å². The summed E-state index contributed by atoms with van der Waals surface area (Å²) in [6.07, 6.45) is 1.71. The summed E-state index contributed by atoms with van der Waals surface area (Å²) in [5.41, 5.74) is 2.04. The van der Waals surface area contributed by atoms with E-state index in [1.54, 1.807) is 6.08 Å². The van der Waals surface area contributed by atoms with Gasteiger partial charge in [-0.05, 0) is 23.3 Å². The summed E-state index contributed by atoms with van der Waals surface area (Å²) >= 11 is 0. The molecule has 0 saturated heterocycles. The number of aliphatic carboxylic acids is 1. The van der Waals surface area contributed by atoms with Crippen LogP contribution in [0.2, 0.25) is 0 Å². The van der Waals surface area contributed by atoms with Gasteiger partial charge in [0.15, 0.2) is 0 Å². The lowest BCUT2D eigenvalue weighted by Gasteiger charge is -2.12. The monoisotopic (exact) mass is 282 g/mol. The standard InChI is InChI=1S/C18H18O3/c1-2-15(12-18(19)20)16-8-10-17(11-9-16)21-13-14-6-4-3-5-7-14/h2-11,15H,1,12-13H2,(H,19,20). The van der Waals surface area contributed by atoms with E-state index in [4.69, 9.17) is 9.84 Å².